The highest BCUT2D eigenvalue weighted by molar-refractivity contribution is 6.01. The third-order valence-corrected chi connectivity index (χ3v) is 2.25. The van der Waals surface area contributed by atoms with Gasteiger partial charge in [-0.05, 0) is 12.1 Å². The van der Waals surface area contributed by atoms with Crippen molar-refractivity contribution in [2.75, 3.05) is 13.7 Å². The first-order valence-corrected chi connectivity index (χ1v) is 4.80. The standard InChI is InChI=1S/C10H9N3O4/c1-12-6-11-9(17-10(12)14)7-2-4-8(5-3-7)13(15)16/h2-5H,6H2,1H3. The molecule has 0 aromatic heterocycles. The van der Waals surface area contributed by atoms with Crippen molar-refractivity contribution in [1.29, 1.82) is 0 Å². The first-order valence-electron chi connectivity index (χ1n) is 4.80. The van der Waals surface area contributed by atoms with E-state index in [1.165, 1.54) is 29.2 Å². The number of carbonyl (C=O) groups is 1. The average molecular weight is 235 g/mol. The lowest BCUT2D eigenvalue weighted by Crippen LogP contribution is -2.34. The van der Waals surface area contributed by atoms with E-state index in [2.05, 4.69) is 4.99 Å². The van der Waals surface area contributed by atoms with Crippen LogP contribution < -0.4 is 0 Å². The fraction of sp³-hybridized carbons (Fsp3) is 0.200. The maximum atomic E-state index is 11.3. The maximum absolute atomic E-state index is 11.3. The van der Waals surface area contributed by atoms with Crippen LogP contribution in [0.1, 0.15) is 5.56 Å². The molecular weight excluding hydrogens is 226 g/mol. The van der Waals surface area contributed by atoms with E-state index in [-0.39, 0.29) is 18.3 Å². The lowest BCUT2D eigenvalue weighted by Gasteiger charge is -2.20. The molecular formula is C10H9N3O4. The highest BCUT2D eigenvalue weighted by Crippen LogP contribution is 2.15. The first-order chi connectivity index (χ1) is 8.08. The monoisotopic (exact) mass is 235 g/mol. The number of benzene rings is 1. The van der Waals surface area contributed by atoms with E-state index in [0.717, 1.165) is 0 Å². The predicted octanol–water partition coefficient (Wildman–Crippen LogP) is 1.38. The SMILES string of the molecule is CN1CN=C(c2ccc([N+](=O)[O-])cc2)OC1=O. The number of cyclic esters (lactones) is 1. The zero-order chi connectivity index (χ0) is 12.4. The summed E-state index contributed by atoms with van der Waals surface area (Å²) in [5, 5.41) is 10.5. The molecule has 0 radical (unpaired) electrons. The van der Waals surface area contributed by atoms with Crippen molar-refractivity contribution in [3.05, 3.63) is 39.9 Å². The van der Waals surface area contributed by atoms with Crippen LogP contribution in [0.5, 0.6) is 0 Å². The normalized spacial score (nSPS) is 15.2. The molecule has 0 saturated heterocycles. The Balaban J connectivity index is 2.24. The minimum absolute atomic E-state index is 0.0198. The zero-order valence-corrected chi connectivity index (χ0v) is 8.99. The third kappa shape index (κ3) is 2.22. The highest BCUT2D eigenvalue weighted by atomic mass is 16.6. The quantitative estimate of drug-likeness (QED) is 0.572. The molecule has 17 heavy (non-hydrogen) atoms. The fourth-order valence-corrected chi connectivity index (χ4v) is 1.30. The number of rotatable bonds is 2. The summed E-state index contributed by atoms with van der Waals surface area (Å²) in [7, 11) is 1.57. The van der Waals surface area contributed by atoms with Gasteiger partial charge in [-0.2, -0.15) is 0 Å². The van der Waals surface area contributed by atoms with Gasteiger partial charge in [-0.15, -0.1) is 0 Å². The molecule has 0 unspecified atom stereocenters. The summed E-state index contributed by atoms with van der Waals surface area (Å²) in [6, 6.07) is 5.67. The molecule has 7 nitrogen and oxygen atoms in total. The van der Waals surface area contributed by atoms with E-state index >= 15 is 0 Å². The minimum Gasteiger partial charge on any atom is -0.391 e. The largest absolute Gasteiger partial charge is 0.417 e. The topological polar surface area (TPSA) is 85.0 Å². The van der Waals surface area contributed by atoms with Crippen molar-refractivity contribution in [3.8, 4) is 0 Å². The van der Waals surface area contributed by atoms with Crippen LogP contribution in [0.25, 0.3) is 0 Å². The van der Waals surface area contributed by atoms with Crippen LogP contribution in [0.15, 0.2) is 29.3 Å². The van der Waals surface area contributed by atoms with Gasteiger partial charge in [0.25, 0.3) is 5.69 Å². The van der Waals surface area contributed by atoms with Gasteiger partial charge < -0.3 is 4.74 Å². The Kier molecular flexibility index (Phi) is 2.73. The Morgan fingerprint density at radius 1 is 1.41 bits per heavy atom. The van der Waals surface area contributed by atoms with E-state index in [1.54, 1.807) is 7.05 Å². The van der Waals surface area contributed by atoms with Gasteiger partial charge in [-0.1, -0.05) is 0 Å². The summed E-state index contributed by atoms with van der Waals surface area (Å²) in [4.78, 5) is 26.6. The Morgan fingerprint density at radius 3 is 2.59 bits per heavy atom. The molecule has 1 amide bonds. The molecule has 0 bridgehead atoms. The molecule has 1 aliphatic rings. The van der Waals surface area contributed by atoms with Gasteiger partial charge in [-0.3, -0.25) is 15.0 Å². The van der Waals surface area contributed by atoms with Gasteiger partial charge in [-0.25, -0.2) is 9.79 Å². The number of amides is 1. The van der Waals surface area contributed by atoms with Gasteiger partial charge in [0, 0.05) is 24.7 Å². The van der Waals surface area contributed by atoms with Crippen LogP contribution in [0.4, 0.5) is 10.5 Å². The number of hydrogen-bond acceptors (Lipinski definition) is 5. The molecule has 88 valence electrons. The Labute approximate surface area is 96.5 Å². The van der Waals surface area contributed by atoms with Gasteiger partial charge in [0.2, 0.25) is 5.90 Å². The number of nitro groups is 1. The lowest BCUT2D eigenvalue weighted by atomic mass is 10.2. The van der Waals surface area contributed by atoms with Crippen molar-refractivity contribution in [3.63, 3.8) is 0 Å². The van der Waals surface area contributed by atoms with E-state index in [0.29, 0.717) is 5.56 Å². The molecule has 1 aromatic carbocycles. The molecule has 0 aliphatic carbocycles. The smallest absolute Gasteiger partial charge is 0.391 e. The van der Waals surface area contributed by atoms with E-state index in [9.17, 15) is 14.9 Å². The second-order valence-electron chi connectivity index (χ2n) is 3.47. The summed E-state index contributed by atoms with van der Waals surface area (Å²) < 4.78 is 4.95. The van der Waals surface area contributed by atoms with Gasteiger partial charge in [0.05, 0.1) is 4.92 Å². The van der Waals surface area contributed by atoms with Crippen LogP contribution in [0.3, 0.4) is 0 Å². The molecule has 7 heteroatoms. The average Bonchev–Trinajstić information content (AvgIpc) is 2.33. The Bertz CT molecular complexity index is 495. The van der Waals surface area contributed by atoms with Gasteiger partial charge >= 0.3 is 6.09 Å². The molecule has 0 fully saturated rings. The van der Waals surface area contributed by atoms with Crippen molar-refractivity contribution in [2.24, 2.45) is 4.99 Å². The molecule has 0 N–H and O–H groups in total. The number of carbonyl (C=O) groups excluding carboxylic acids is 1. The van der Waals surface area contributed by atoms with Gasteiger partial charge in [0.1, 0.15) is 6.67 Å². The number of non-ortho nitro benzene ring substituents is 1. The molecule has 2 rings (SSSR count). The second kappa shape index (κ2) is 4.20. The molecule has 1 aliphatic heterocycles. The molecule has 1 aromatic rings. The summed E-state index contributed by atoms with van der Waals surface area (Å²) in [5.41, 5.74) is 0.519. The summed E-state index contributed by atoms with van der Waals surface area (Å²) >= 11 is 0. The van der Waals surface area contributed by atoms with Crippen LogP contribution in [-0.4, -0.2) is 35.5 Å². The van der Waals surface area contributed by atoms with Crippen molar-refractivity contribution in [1.82, 2.24) is 4.90 Å². The summed E-state index contributed by atoms with van der Waals surface area (Å²) in [6.07, 6.45) is -0.492. The van der Waals surface area contributed by atoms with Crippen LogP contribution >= 0.6 is 0 Å². The van der Waals surface area contributed by atoms with Crippen LogP contribution in [0.2, 0.25) is 0 Å². The second-order valence-corrected chi connectivity index (χ2v) is 3.47. The molecule has 0 spiro atoms. The number of aliphatic imine (C=N–C) groups is 1. The zero-order valence-electron chi connectivity index (χ0n) is 8.99. The van der Waals surface area contributed by atoms with E-state index in [1.807, 2.05) is 0 Å². The van der Waals surface area contributed by atoms with Crippen molar-refractivity contribution in [2.45, 2.75) is 0 Å². The van der Waals surface area contributed by atoms with E-state index in [4.69, 9.17) is 4.74 Å². The minimum atomic E-state index is -0.494. The molecule has 1 heterocycles. The Hall–Kier alpha value is -2.44. The number of nitro benzene ring substituents is 1. The number of hydrogen-bond donors (Lipinski definition) is 0. The predicted molar refractivity (Wildman–Crippen MR) is 58.7 cm³/mol. The van der Waals surface area contributed by atoms with Gasteiger partial charge in [0.15, 0.2) is 0 Å². The first kappa shape index (κ1) is 11.1. The number of ether oxygens (including phenoxy) is 1. The number of nitrogens with zero attached hydrogens (tertiary/aromatic N) is 3. The summed E-state index contributed by atoms with van der Waals surface area (Å²) in [5.74, 6) is 0.183. The van der Waals surface area contributed by atoms with Crippen LogP contribution in [-0.2, 0) is 4.74 Å². The molecule has 0 saturated carbocycles. The van der Waals surface area contributed by atoms with E-state index < -0.39 is 11.0 Å². The molecule has 0 atom stereocenters. The third-order valence-electron chi connectivity index (χ3n) is 2.25. The summed E-state index contributed by atoms with van der Waals surface area (Å²) in [6.45, 7) is 0.213. The van der Waals surface area contributed by atoms with Crippen molar-refractivity contribution >= 4 is 17.7 Å². The van der Waals surface area contributed by atoms with Crippen LogP contribution in [0, 0.1) is 10.1 Å². The maximum Gasteiger partial charge on any atom is 0.417 e. The lowest BCUT2D eigenvalue weighted by molar-refractivity contribution is -0.384. The van der Waals surface area contributed by atoms with Crippen molar-refractivity contribution < 1.29 is 14.5 Å². The Morgan fingerprint density at radius 2 is 2.06 bits per heavy atom. The fourth-order valence-electron chi connectivity index (χ4n) is 1.30. The highest BCUT2D eigenvalue weighted by Gasteiger charge is 2.20.